The molecule has 0 aliphatic rings. The van der Waals surface area contributed by atoms with E-state index >= 15 is 0 Å². The number of hydrogen-bond donors (Lipinski definition) is 1. The number of hydrogen-bond acceptors (Lipinski definition) is 6. The van der Waals surface area contributed by atoms with Gasteiger partial charge in [-0.15, -0.1) is 0 Å². The molecule has 0 bridgehead atoms. The molecule has 1 rings (SSSR count). The van der Waals surface area contributed by atoms with Crippen LogP contribution in [0.3, 0.4) is 0 Å². The van der Waals surface area contributed by atoms with E-state index in [1.807, 2.05) is 20.8 Å². The maximum Gasteiger partial charge on any atom is 2.00 e. The van der Waals surface area contributed by atoms with Crippen LogP contribution in [0.2, 0.25) is 0 Å². The van der Waals surface area contributed by atoms with Crippen LogP contribution < -0.4 is 5.11 Å². The normalized spacial score (nSPS) is 12.9. The summed E-state index contributed by atoms with van der Waals surface area (Å²) in [5.74, 6) is -2.57. The van der Waals surface area contributed by atoms with E-state index < -0.39 is 38.6 Å². The second-order valence-corrected chi connectivity index (χ2v) is 7.34. The molecule has 0 aliphatic heterocycles. The second kappa shape index (κ2) is 8.15. The summed E-state index contributed by atoms with van der Waals surface area (Å²) >= 11 is 0. The Labute approximate surface area is 175 Å². The Bertz CT molecular complexity index is 704. The summed E-state index contributed by atoms with van der Waals surface area (Å²) in [6, 6.07) is 2.48. The molecule has 7 nitrogen and oxygen atoms in total. The Morgan fingerprint density at radius 2 is 1.65 bits per heavy atom. The van der Waals surface area contributed by atoms with Crippen LogP contribution in [0.5, 0.6) is 0 Å². The van der Waals surface area contributed by atoms with Crippen LogP contribution in [0.4, 0.5) is 0 Å². The van der Waals surface area contributed by atoms with Gasteiger partial charge in [0.2, 0.25) is 0 Å². The first-order chi connectivity index (χ1) is 9.82. The third-order valence-electron chi connectivity index (χ3n) is 3.18. The summed E-state index contributed by atoms with van der Waals surface area (Å²) in [4.78, 5) is 22.2. The molecule has 0 aliphatic carbocycles. The summed E-state index contributed by atoms with van der Waals surface area (Å²) in [5.41, 5.74) is -1.20. The predicted molar refractivity (Wildman–Crippen MR) is 80.7 cm³/mol. The third kappa shape index (κ3) is 6.57. The van der Waals surface area contributed by atoms with Crippen molar-refractivity contribution in [3.05, 3.63) is 29.3 Å². The largest absolute Gasteiger partial charge is 2.00 e. The summed E-state index contributed by atoms with van der Waals surface area (Å²) in [7, 11) is -4.67. The number of ether oxygens (including phenoxy) is 1. The Morgan fingerprint density at radius 1 is 1.17 bits per heavy atom. The van der Waals surface area contributed by atoms with Gasteiger partial charge in [-0.1, -0.05) is 20.8 Å². The van der Waals surface area contributed by atoms with Gasteiger partial charge < -0.3 is 14.6 Å². The molecule has 0 spiro atoms. The van der Waals surface area contributed by atoms with Crippen molar-refractivity contribution in [1.29, 1.82) is 0 Å². The molecule has 0 amide bonds. The van der Waals surface area contributed by atoms with Crippen molar-refractivity contribution in [1.82, 2.24) is 0 Å². The van der Waals surface area contributed by atoms with Crippen molar-refractivity contribution in [2.75, 3.05) is 0 Å². The molecule has 23 heavy (non-hydrogen) atoms. The maximum atomic E-state index is 12.0. The number of carboxylic acids is 1. The van der Waals surface area contributed by atoms with E-state index in [0.717, 1.165) is 12.1 Å². The maximum absolute atomic E-state index is 12.0. The molecule has 0 fully saturated rings. The summed E-state index contributed by atoms with van der Waals surface area (Å²) in [5, 5.41) is 10.9. The molecule has 0 saturated heterocycles. The fourth-order valence-corrected chi connectivity index (χ4v) is 1.94. The first-order valence-corrected chi connectivity index (χ1v) is 7.81. The van der Waals surface area contributed by atoms with Crippen LogP contribution in [-0.4, -0.2) is 79.9 Å². The van der Waals surface area contributed by atoms with Crippen LogP contribution in [-0.2, 0) is 14.9 Å². The van der Waals surface area contributed by atoms with Gasteiger partial charge in [0.25, 0.3) is 10.1 Å². The first kappa shape index (κ1) is 22.6. The Balaban J connectivity index is 0.00000484. The number of rotatable bonds is 4. The van der Waals surface area contributed by atoms with Crippen LogP contribution in [0.25, 0.3) is 0 Å². The van der Waals surface area contributed by atoms with E-state index in [-0.39, 0.29) is 59.9 Å². The molecule has 0 saturated carbocycles. The van der Waals surface area contributed by atoms with Crippen LogP contribution in [0, 0.1) is 5.41 Å². The molecule has 1 unspecified atom stereocenters. The number of aromatic carboxylic acids is 1. The molecular weight excluding hydrogens is 450 g/mol. The summed E-state index contributed by atoms with van der Waals surface area (Å²) < 4.78 is 36.5. The van der Waals surface area contributed by atoms with E-state index in [1.165, 1.54) is 0 Å². The van der Waals surface area contributed by atoms with Gasteiger partial charge in [-0.2, -0.15) is 8.42 Å². The van der Waals surface area contributed by atoms with Crippen LogP contribution in [0.1, 0.15) is 48.4 Å². The number of carbonyl (C=O) groups is 2. The zero-order valence-corrected chi connectivity index (χ0v) is 18.6. The molecule has 9 heteroatoms. The van der Waals surface area contributed by atoms with Crippen molar-refractivity contribution in [3.8, 4) is 0 Å². The SMILES string of the molecule is CC(OC(=O)c1cc(C(=O)[O-])cc(S(=O)(=O)O)c1)C(C)(C)C.[Ba+2]. The van der Waals surface area contributed by atoms with Gasteiger partial charge in [0.05, 0.1) is 16.4 Å². The molecule has 1 atom stereocenters. The van der Waals surface area contributed by atoms with Gasteiger partial charge in [-0.3, -0.25) is 4.55 Å². The van der Waals surface area contributed by atoms with Crippen molar-refractivity contribution < 1.29 is 32.4 Å². The fourth-order valence-electron chi connectivity index (χ4n) is 1.39. The van der Waals surface area contributed by atoms with Gasteiger partial charge in [0.15, 0.2) is 0 Å². The molecule has 122 valence electrons. The Hall–Kier alpha value is -0.359. The quantitative estimate of drug-likeness (QED) is 0.390. The van der Waals surface area contributed by atoms with Crippen molar-refractivity contribution in [2.24, 2.45) is 5.41 Å². The van der Waals surface area contributed by atoms with Crippen LogP contribution >= 0.6 is 0 Å². The summed E-state index contributed by atoms with van der Waals surface area (Å²) in [6.45, 7) is 7.18. The minimum atomic E-state index is -4.67. The van der Waals surface area contributed by atoms with Gasteiger partial charge in [0.1, 0.15) is 6.10 Å². The van der Waals surface area contributed by atoms with E-state index in [2.05, 4.69) is 0 Å². The van der Waals surface area contributed by atoms with Gasteiger partial charge in [-0.25, -0.2) is 4.79 Å². The molecule has 0 aromatic heterocycles. The molecule has 0 heterocycles. The summed E-state index contributed by atoms with van der Waals surface area (Å²) in [6.07, 6.45) is -0.499. The average molecular weight is 467 g/mol. The Kier molecular flexibility index (Phi) is 8.02. The smallest absolute Gasteiger partial charge is 0.545 e. The van der Waals surface area contributed by atoms with Gasteiger partial charge in [0, 0.05) is 0 Å². The zero-order valence-electron chi connectivity index (χ0n) is 13.3. The molecule has 0 radical (unpaired) electrons. The topological polar surface area (TPSA) is 121 Å². The van der Waals surface area contributed by atoms with E-state index in [0.29, 0.717) is 6.07 Å². The molecule has 1 N–H and O–H groups in total. The van der Waals surface area contributed by atoms with Gasteiger partial charge in [-0.05, 0) is 36.1 Å². The average Bonchev–Trinajstić information content (AvgIpc) is 2.35. The van der Waals surface area contributed by atoms with Crippen molar-refractivity contribution in [3.63, 3.8) is 0 Å². The van der Waals surface area contributed by atoms with Gasteiger partial charge >= 0.3 is 54.9 Å². The monoisotopic (exact) mass is 467 g/mol. The first-order valence-electron chi connectivity index (χ1n) is 6.37. The van der Waals surface area contributed by atoms with E-state index in [1.54, 1.807) is 6.92 Å². The van der Waals surface area contributed by atoms with Crippen LogP contribution in [0.15, 0.2) is 23.1 Å². The number of carboxylic acid groups (broad SMARTS) is 1. The number of benzene rings is 1. The van der Waals surface area contributed by atoms with E-state index in [9.17, 15) is 23.1 Å². The fraction of sp³-hybridized carbons (Fsp3) is 0.429. The Morgan fingerprint density at radius 3 is 2.04 bits per heavy atom. The van der Waals surface area contributed by atoms with Crippen molar-refractivity contribution in [2.45, 2.75) is 38.7 Å². The minimum Gasteiger partial charge on any atom is -0.545 e. The minimum absolute atomic E-state index is 0. The second-order valence-electron chi connectivity index (χ2n) is 5.92. The molecule has 1 aromatic rings. The third-order valence-corrected chi connectivity index (χ3v) is 4.01. The van der Waals surface area contributed by atoms with Crippen molar-refractivity contribution >= 4 is 70.9 Å². The predicted octanol–water partition coefficient (Wildman–Crippen LogP) is 0.507. The standard InChI is InChI=1S/C14H18O7S.Ba/c1-8(14(2,3)4)21-13(17)10-5-9(12(15)16)6-11(7-10)22(18,19)20;/h5-8H,1-4H3,(H,15,16)(H,18,19,20);/q;+2/p-1. The molecule has 1 aromatic carbocycles. The zero-order chi connectivity index (χ0) is 17.3. The molecular formula is C14H17BaO7S+. The number of esters is 1. The van der Waals surface area contributed by atoms with E-state index in [4.69, 9.17) is 9.29 Å². The number of carbonyl (C=O) groups excluding carboxylic acids is 2.